The molecule has 3 rings (SSSR count). The Morgan fingerprint density at radius 2 is 1.44 bits per heavy atom. The second kappa shape index (κ2) is 11.4. The van der Waals surface area contributed by atoms with Gasteiger partial charge in [-0.15, -0.1) is 0 Å². The maximum absolute atomic E-state index is 12.2. The summed E-state index contributed by atoms with van der Waals surface area (Å²) in [5.74, 6) is -0.942. The van der Waals surface area contributed by atoms with Crippen LogP contribution in [0.15, 0.2) is 86.8 Å². The van der Waals surface area contributed by atoms with Gasteiger partial charge in [0.1, 0.15) is 5.75 Å². The van der Waals surface area contributed by atoms with Gasteiger partial charge in [-0.05, 0) is 86.0 Å². The number of amides is 2. The number of rotatable bonds is 7. The zero-order valence-electron chi connectivity index (χ0n) is 16.5. The van der Waals surface area contributed by atoms with E-state index in [1.165, 1.54) is 6.21 Å². The average Bonchev–Trinajstić information content (AvgIpc) is 2.79. The van der Waals surface area contributed by atoms with Crippen molar-refractivity contribution >= 4 is 55.9 Å². The zero-order chi connectivity index (χ0) is 22.9. The summed E-state index contributed by atoms with van der Waals surface area (Å²) in [5.41, 5.74) is 3.88. The number of esters is 1. The van der Waals surface area contributed by atoms with Gasteiger partial charge in [0.25, 0.3) is 11.8 Å². The summed E-state index contributed by atoms with van der Waals surface area (Å²) in [6.45, 7) is -0.221. The number of ether oxygens (including phenoxy) is 1. The topological polar surface area (TPSA) is 96.9 Å². The molecule has 0 aromatic heterocycles. The second-order valence-corrected chi connectivity index (χ2v) is 8.10. The first-order valence-corrected chi connectivity index (χ1v) is 10.9. The Morgan fingerprint density at radius 3 is 2.06 bits per heavy atom. The zero-order valence-corrected chi connectivity index (χ0v) is 19.7. The molecule has 0 radical (unpaired) electrons. The van der Waals surface area contributed by atoms with Crippen LogP contribution in [0, 0.1) is 0 Å². The molecule has 0 spiro atoms. The summed E-state index contributed by atoms with van der Waals surface area (Å²) in [4.78, 5) is 36.2. The number of carbonyl (C=O) groups excluding carboxylic acids is 3. The lowest BCUT2D eigenvalue weighted by Gasteiger charge is -2.06. The van der Waals surface area contributed by atoms with E-state index >= 15 is 0 Å². The first-order chi connectivity index (χ1) is 15.4. The van der Waals surface area contributed by atoms with Gasteiger partial charge in [-0.1, -0.05) is 24.3 Å². The molecule has 0 saturated heterocycles. The lowest BCUT2D eigenvalue weighted by atomic mass is 10.2. The van der Waals surface area contributed by atoms with E-state index in [4.69, 9.17) is 4.74 Å². The van der Waals surface area contributed by atoms with Gasteiger partial charge in [0.15, 0.2) is 0 Å². The third-order valence-corrected chi connectivity index (χ3v) is 5.50. The van der Waals surface area contributed by atoms with Crippen LogP contribution in [-0.2, 0) is 4.79 Å². The van der Waals surface area contributed by atoms with Gasteiger partial charge in [0.05, 0.1) is 23.9 Å². The summed E-state index contributed by atoms with van der Waals surface area (Å²) in [7, 11) is 0. The molecule has 32 heavy (non-hydrogen) atoms. The van der Waals surface area contributed by atoms with Crippen LogP contribution in [0.3, 0.4) is 0 Å². The molecule has 2 N–H and O–H groups in total. The van der Waals surface area contributed by atoms with Gasteiger partial charge in [0, 0.05) is 8.95 Å². The Bertz CT molecular complexity index is 1160. The van der Waals surface area contributed by atoms with Crippen molar-refractivity contribution < 1.29 is 19.1 Å². The Kier molecular flexibility index (Phi) is 8.29. The number of carbonyl (C=O) groups is 3. The summed E-state index contributed by atoms with van der Waals surface area (Å²) in [6, 6.07) is 20.5. The molecule has 0 atom stereocenters. The fourth-order valence-electron chi connectivity index (χ4n) is 2.53. The van der Waals surface area contributed by atoms with Crippen LogP contribution in [0.25, 0.3) is 0 Å². The summed E-state index contributed by atoms with van der Waals surface area (Å²) < 4.78 is 6.64. The summed E-state index contributed by atoms with van der Waals surface area (Å²) in [6.07, 6.45) is 1.44. The number of halogens is 2. The molecule has 0 aliphatic rings. The van der Waals surface area contributed by atoms with Crippen molar-refractivity contribution in [1.29, 1.82) is 0 Å². The summed E-state index contributed by atoms with van der Waals surface area (Å²) in [5, 5.41) is 6.39. The van der Waals surface area contributed by atoms with E-state index in [2.05, 4.69) is 47.7 Å². The van der Waals surface area contributed by atoms with Crippen molar-refractivity contribution in [2.75, 3.05) is 6.54 Å². The van der Waals surface area contributed by atoms with E-state index in [1.807, 2.05) is 6.07 Å². The highest BCUT2D eigenvalue weighted by Gasteiger charge is 2.12. The minimum atomic E-state index is -0.476. The van der Waals surface area contributed by atoms with Crippen LogP contribution in [0.1, 0.15) is 26.3 Å². The van der Waals surface area contributed by atoms with E-state index < -0.39 is 11.9 Å². The van der Waals surface area contributed by atoms with E-state index in [-0.39, 0.29) is 12.5 Å². The Balaban J connectivity index is 1.47. The first-order valence-electron chi connectivity index (χ1n) is 9.35. The standard InChI is InChI=1S/C23H17Br2N3O4/c24-19-7-3-1-5-17(19)22(30)26-14-21(29)28-27-13-15-9-11-16(12-10-15)32-23(31)18-6-2-4-8-20(18)25/h1-13H,14H2,(H,26,30)(H,28,29)/b27-13-. The van der Waals surface area contributed by atoms with Gasteiger partial charge in [-0.3, -0.25) is 9.59 Å². The average molecular weight is 559 g/mol. The third kappa shape index (κ3) is 6.60. The van der Waals surface area contributed by atoms with Crippen LogP contribution in [-0.4, -0.2) is 30.5 Å². The minimum Gasteiger partial charge on any atom is -0.423 e. The third-order valence-electron chi connectivity index (χ3n) is 4.12. The van der Waals surface area contributed by atoms with E-state index in [0.29, 0.717) is 31.4 Å². The SMILES string of the molecule is O=C(CNC(=O)c1ccccc1Br)N/N=C\c1ccc(OC(=O)c2ccccc2Br)cc1. The van der Waals surface area contributed by atoms with Crippen LogP contribution in [0.4, 0.5) is 0 Å². The van der Waals surface area contributed by atoms with Gasteiger partial charge in [-0.2, -0.15) is 5.10 Å². The van der Waals surface area contributed by atoms with Crippen molar-refractivity contribution in [3.63, 3.8) is 0 Å². The highest BCUT2D eigenvalue weighted by atomic mass is 79.9. The monoisotopic (exact) mass is 557 g/mol. The van der Waals surface area contributed by atoms with Gasteiger partial charge >= 0.3 is 5.97 Å². The molecule has 3 aromatic carbocycles. The van der Waals surface area contributed by atoms with Gasteiger partial charge < -0.3 is 10.1 Å². The Hall–Kier alpha value is -3.30. The normalized spacial score (nSPS) is 10.6. The molecular weight excluding hydrogens is 542 g/mol. The van der Waals surface area contributed by atoms with E-state index in [9.17, 15) is 14.4 Å². The van der Waals surface area contributed by atoms with Crippen LogP contribution >= 0.6 is 31.9 Å². The van der Waals surface area contributed by atoms with Crippen molar-refractivity contribution in [3.8, 4) is 5.75 Å². The predicted octanol–water partition coefficient (Wildman–Crippen LogP) is 4.31. The molecule has 0 bridgehead atoms. The maximum Gasteiger partial charge on any atom is 0.344 e. The Morgan fingerprint density at radius 1 is 0.844 bits per heavy atom. The maximum atomic E-state index is 12.2. The molecule has 9 heteroatoms. The molecule has 0 saturated carbocycles. The Labute approximate surface area is 201 Å². The van der Waals surface area contributed by atoms with Crippen molar-refractivity contribution in [2.24, 2.45) is 5.10 Å². The van der Waals surface area contributed by atoms with Crippen LogP contribution in [0.5, 0.6) is 5.75 Å². The lowest BCUT2D eigenvalue weighted by molar-refractivity contribution is -0.120. The molecule has 162 valence electrons. The fraction of sp³-hybridized carbons (Fsp3) is 0.0435. The fourth-order valence-corrected chi connectivity index (χ4v) is 3.44. The number of hydrogen-bond donors (Lipinski definition) is 2. The first kappa shape index (κ1) is 23.4. The number of nitrogens with zero attached hydrogens (tertiary/aromatic N) is 1. The molecule has 7 nitrogen and oxygen atoms in total. The molecule has 0 fully saturated rings. The second-order valence-electron chi connectivity index (χ2n) is 6.39. The van der Waals surface area contributed by atoms with Gasteiger partial charge in [0.2, 0.25) is 0 Å². The molecule has 3 aromatic rings. The predicted molar refractivity (Wildman–Crippen MR) is 128 cm³/mol. The number of benzene rings is 3. The number of nitrogens with one attached hydrogen (secondary N) is 2. The van der Waals surface area contributed by atoms with E-state index in [1.54, 1.807) is 66.7 Å². The summed E-state index contributed by atoms with van der Waals surface area (Å²) >= 11 is 6.61. The van der Waals surface area contributed by atoms with E-state index in [0.717, 1.165) is 0 Å². The molecule has 0 aliphatic heterocycles. The number of hydrogen-bond acceptors (Lipinski definition) is 5. The smallest absolute Gasteiger partial charge is 0.344 e. The van der Waals surface area contributed by atoms with Crippen LogP contribution < -0.4 is 15.5 Å². The largest absolute Gasteiger partial charge is 0.423 e. The quantitative estimate of drug-likeness (QED) is 0.195. The van der Waals surface area contributed by atoms with Crippen LogP contribution in [0.2, 0.25) is 0 Å². The highest BCUT2D eigenvalue weighted by molar-refractivity contribution is 9.10. The molecule has 0 unspecified atom stereocenters. The van der Waals surface area contributed by atoms with Crippen molar-refractivity contribution in [2.45, 2.75) is 0 Å². The molecular formula is C23H17Br2N3O4. The number of hydrazone groups is 1. The minimum absolute atomic E-state index is 0.221. The van der Waals surface area contributed by atoms with Crippen molar-refractivity contribution in [3.05, 3.63) is 98.4 Å². The lowest BCUT2D eigenvalue weighted by Crippen LogP contribution is -2.35. The van der Waals surface area contributed by atoms with Crippen molar-refractivity contribution in [1.82, 2.24) is 10.7 Å². The van der Waals surface area contributed by atoms with Gasteiger partial charge in [-0.25, -0.2) is 10.2 Å². The molecule has 2 amide bonds. The highest BCUT2D eigenvalue weighted by Crippen LogP contribution is 2.19. The molecule has 0 heterocycles. The molecule has 0 aliphatic carbocycles.